The van der Waals surface area contributed by atoms with Gasteiger partial charge in [-0.3, -0.25) is 4.90 Å². The van der Waals surface area contributed by atoms with Crippen molar-refractivity contribution in [3.8, 4) is 0 Å². The van der Waals surface area contributed by atoms with E-state index >= 15 is 0 Å². The Morgan fingerprint density at radius 1 is 1.46 bits per heavy atom. The summed E-state index contributed by atoms with van der Waals surface area (Å²) in [5.41, 5.74) is 6.05. The topological polar surface area (TPSA) is 29.3 Å². The average Bonchev–Trinajstić information content (AvgIpc) is 2.86. The lowest BCUT2D eigenvalue weighted by molar-refractivity contribution is 0.0902. The lowest BCUT2D eigenvalue weighted by atomic mass is 9.87. The van der Waals surface area contributed by atoms with Gasteiger partial charge in [-0.2, -0.15) is 0 Å². The van der Waals surface area contributed by atoms with E-state index in [1.807, 2.05) is 0 Å². The van der Waals surface area contributed by atoms with Gasteiger partial charge in [0.2, 0.25) is 0 Å². The van der Waals surface area contributed by atoms with Gasteiger partial charge in [0.05, 0.1) is 0 Å². The molecule has 1 atom stereocenters. The molecule has 0 bridgehead atoms. The maximum Gasteiger partial charge on any atom is 0.0323 e. The zero-order valence-electron chi connectivity index (χ0n) is 9.51. The molecule has 0 spiro atoms. The van der Waals surface area contributed by atoms with Crippen LogP contribution in [0, 0.1) is 11.8 Å². The van der Waals surface area contributed by atoms with Crippen LogP contribution in [0.1, 0.15) is 33.6 Å². The minimum Gasteiger partial charge on any atom is -0.329 e. The van der Waals surface area contributed by atoms with E-state index in [2.05, 4.69) is 32.7 Å². The van der Waals surface area contributed by atoms with Gasteiger partial charge in [-0.1, -0.05) is 13.8 Å². The molecule has 1 saturated carbocycles. The fraction of sp³-hybridized carbons (Fsp3) is 1.00. The maximum absolute atomic E-state index is 5.86. The molecule has 1 unspecified atom stereocenters. The van der Waals surface area contributed by atoms with Crippen LogP contribution in [-0.4, -0.2) is 30.6 Å². The average molecular weight is 184 g/mol. The zero-order valence-corrected chi connectivity index (χ0v) is 9.51. The summed E-state index contributed by atoms with van der Waals surface area (Å²) in [5.74, 6) is 1.58. The lowest BCUT2D eigenvalue weighted by Crippen LogP contribution is -2.54. The van der Waals surface area contributed by atoms with Crippen LogP contribution in [0.5, 0.6) is 0 Å². The zero-order chi connectivity index (χ0) is 10.1. The molecule has 2 nitrogen and oxygen atoms in total. The Labute approximate surface area is 82.5 Å². The fourth-order valence-corrected chi connectivity index (χ4v) is 1.73. The van der Waals surface area contributed by atoms with Crippen molar-refractivity contribution in [2.24, 2.45) is 17.6 Å². The molecule has 1 aliphatic rings. The molecule has 0 aliphatic heterocycles. The second-order valence-corrected chi connectivity index (χ2v) is 5.04. The molecule has 13 heavy (non-hydrogen) atoms. The Bertz CT molecular complexity index is 163. The predicted octanol–water partition coefficient (Wildman–Crippen LogP) is 1.70. The number of nitrogens with zero attached hydrogens (tertiary/aromatic N) is 1. The SMILES string of the molecule is CC(C)C(C)(CN)N(C)CC1CC1. The van der Waals surface area contributed by atoms with Gasteiger partial charge in [0.25, 0.3) is 0 Å². The van der Waals surface area contributed by atoms with Crippen LogP contribution in [0.2, 0.25) is 0 Å². The van der Waals surface area contributed by atoms with Gasteiger partial charge in [0.15, 0.2) is 0 Å². The van der Waals surface area contributed by atoms with E-state index in [9.17, 15) is 0 Å². The molecule has 1 fully saturated rings. The third-order valence-electron chi connectivity index (χ3n) is 3.76. The van der Waals surface area contributed by atoms with Crippen LogP contribution in [0.15, 0.2) is 0 Å². The van der Waals surface area contributed by atoms with E-state index in [1.165, 1.54) is 19.4 Å². The van der Waals surface area contributed by atoms with Crippen LogP contribution in [0.3, 0.4) is 0 Å². The van der Waals surface area contributed by atoms with E-state index in [0.717, 1.165) is 12.5 Å². The highest BCUT2D eigenvalue weighted by Crippen LogP contribution is 2.32. The standard InChI is InChI=1S/C11H24N2/c1-9(2)11(3,8-12)13(4)7-10-5-6-10/h9-10H,5-8,12H2,1-4H3. The molecule has 0 aromatic carbocycles. The molecule has 0 aromatic heterocycles. The maximum atomic E-state index is 5.86. The normalized spacial score (nSPS) is 22.4. The predicted molar refractivity (Wildman–Crippen MR) is 57.7 cm³/mol. The third kappa shape index (κ3) is 2.44. The van der Waals surface area contributed by atoms with Crippen molar-refractivity contribution >= 4 is 0 Å². The van der Waals surface area contributed by atoms with Gasteiger partial charge in [-0.15, -0.1) is 0 Å². The lowest BCUT2D eigenvalue weighted by Gasteiger charge is -2.41. The molecule has 0 saturated heterocycles. The molecule has 2 heteroatoms. The van der Waals surface area contributed by atoms with Crippen LogP contribution >= 0.6 is 0 Å². The first-order chi connectivity index (χ1) is 6.00. The van der Waals surface area contributed by atoms with Crippen LogP contribution < -0.4 is 5.73 Å². The monoisotopic (exact) mass is 184 g/mol. The van der Waals surface area contributed by atoms with Crippen molar-refractivity contribution in [2.45, 2.75) is 39.2 Å². The van der Waals surface area contributed by atoms with Crippen molar-refractivity contribution in [3.05, 3.63) is 0 Å². The number of likely N-dealkylation sites (N-methyl/N-ethyl adjacent to an activating group) is 1. The number of rotatable bonds is 5. The fourth-order valence-electron chi connectivity index (χ4n) is 1.73. The third-order valence-corrected chi connectivity index (χ3v) is 3.76. The Morgan fingerprint density at radius 2 is 2.00 bits per heavy atom. The Balaban J connectivity index is 2.51. The van der Waals surface area contributed by atoms with Crippen LogP contribution in [0.4, 0.5) is 0 Å². The van der Waals surface area contributed by atoms with Gasteiger partial charge >= 0.3 is 0 Å². The summed E-state index contributed by atoms with van der Waals surface area (Å²) >= 11 is 0. The van der Waals surface area contributed by atoms with Gasteiger partial charge < -0.3 is 5.73 Å². The second-order valence-electron chi connectivity index (χ2n) is 5.04. The largest absolute Gasteiger partial charge is 0.329 e. The number of hydrogen-bond donors (Lipinski definition) is 1. The summed E-state index contributed by atoms with van der Waals surface area (Å²) in [7, 11) is 2.21. The first kappa shape index (κ1) is 11.0. The number of nitrogens with two attached hydrogens (primary N) is 1. The molecule has 0 amide bonds. The van der Waals surface area contributed by atoms with Gasteiger partial charge in [-0.25, -0.2) is 0 Å². The molecular formula is C11H24N2. The van der Waals surface area contributed by atoms with E-state index in [4.69, 9.17) is 5.73 Å². The van der Waals surface area contributed by atoms with Crippen molar-refractivity contribution in [2.75, 3.05) is 20.1 Å². The Hall–Kier alpha value is -0.0800. The molecule has 0 heterocycles. The quantitative estimate of drug-likeness (QED) is 0.704. The molecule has 1 aliphatic carbocycles. The summed E-state index contributed by atoms with van der Waals surface area (Å²) in [5, 5.41) is 0. The summed E-state index contributed by atoms with van der Waals surface area (Å²) < 4.78 is 0. The van der Waals surface area contributed by atoms with E-state index in [0.29, 0.717) is 5.92 Å². The van der Waals surface area contributed by atoms with Crippen LogP contribution in [0.25, 0.3) is 0 Å². The highest BCUT2D eigenvalue weighted by Gasteiger charge is 2.34. The van der Waals surface area contributed by atoms with E-state index < -0.39 is 0 Å². The molecular weight excluding hydrogens is 160 g/mol. The summed E-state index contributed by atoms with van der Waals surface area (Å²) in [6, 6.07) is 0. The van der Waals surface area contributed by atoms with E-state index in [1.54, 1.807) is 0 Å². The molecule has 2 N–H and O–H groups in total. The summed E-state index contributed by atoms with van der Waals surface area (Å²) in [6.45, 7) is 8.78. The second kappa shape index (κ2) is 3.97. The van der Waals surface area contributed by atoms with Gasteiger partial charge in [-0.05, 0) is 38.6 Å². The first-order valence-electron chi connectivity index (χ1n) is 5.42. The summed E-state index contributed by atoms with van der Waals surface area (Å²) in [6.07, 6.45) is 2.84. The minimum atomic E-state index is 0.183. The molecule has 0 radical (unpaired) electrons. The highest BCUT2D eigenvalue weighted by atomic mass is 15.2. The minimum absolute atomic E-state index is 0.183. The first-order valence-corrected chi connectivity index (χ1v) is 5.42. The molecule has 0 aromatic rings. The summed E-state index contributed by atoms with van der Waals surface area (Å²) in [4.78, 5) is 2.45. The van der Waals surface area contributed by atoms with Crippen molar-refractivity contribution in [1.82, 2.24) is 4.90 Å². The number of hydrogen-bond acceptors (Lipinski definition) is 2. The Kier molecular flexibility index (Phi) is 3.36. The van der Waals surface area contributed by atoms with Gasteiger partial charge in [0.1, 0.15) is 0 Å². The van der Waals surface area contributed by atoms with Crippen molar-refractivity contribution < 1.29 is 0 Å². The molecule has 78 valence electrons. The Morgan fingerprint density at radius 3 is 2.31 bits per heavy atom. The van der Waals surface area contributed by atoms with E-state index in [-0.39, 0.29) is 5.54 Å². The molecule has 1 rings (SSSR count). The highest BCUT2D eigenvalue weighted by molar-refractivity contribution is 4.91. The van der Waals surface area contributed by atoms with Crippen LogP contribution in [-0.2, 0) is 0 Å². The smallest absolute Gasteiger partial charge is 0.0323 e. The van der Waals surface area contributed by atoms with Gasteiger partial charge in [0, 0.05) is 18.6 Å². The van der Waals surface area contributed by atoms with Crippen molar-refractivity contribution in [3.63, 3.8) is 0 Å². The van der Waals surface area contributed by atoms with Crippen molar-refractivity contribution in [1.29, 1.82) is 0 Å².